The number of aromatic nitrogens is 6. The van der Waals surface area contributed by atoms with Gasteiger partial charge in [-0.1, -0.05) is 161 Å². The number of amides is 9. The van der Waals surface area contributed by atoms with Crippen molar-refractivity contribution in [1.82, 2.24) is 87.2 Å². The van der Waals surface area contributed by atoms with Crippen LogP contribution in [0.1, 0.15) is 114 Å². The summed E-state index contributed by atoms with van der Waals surface area (Å²) in [6.07, 6.45) is 2.59. The normalized spacial score (nSPS) is 21.9. The van der Waals surface area contributed by atoms with Gasteiger partial charge in [-0.05, 0) is 107 Å². The number of rotatable bonds is 15. The van der Waals surface area contributed by atoms with E-state index in [1.54, 1.807) is 130 Å². The van der Waals surface area contributed by atoms with Gasteiger partial charge in [-0.15, -0.1) is 10.2 Å². The van der Waals surface area contributed by atoms with E-state index >= 15 is 24.0 Å². The molecule has 0 radical (unpaired) electrons. The molecule has 612 valence electrons. The summed E-state index contributed by atoms with van der Waals surface area (Å²) in [5.74, 6) is -8.35. The van der Waals surface area contributed by atoms with Gasteiger partial charge in [0.15, 0.2) is 0 Å². The lowest BCUT2D eigenvalue weighted by Gasteiger charge is -2.39. The first kappa shape index (κ1) is 83.2. The summed E-state index contributed by atoms with van der Waals surface area (Å²) >= 11 is 0. The van der Waals surface area contributed by atoms with E-state index < -0.39 is 154 Å². The van der Waals surface area contributed by atoms with Crippen molar-refractivity contribution in [3.63, 3.8) is 0 Å². The minimum atomic E-state index is -1.53. The van der Waals surface area contributed by atoms with Crippen LogP contribution in [0.25, 0.3) is 21.5 Å². The largest absolute Gasteiger partial charge is 0.487 e. The molecular formula is C84H101N17O15. The van der Waals surface area contributed by atoms with Gasteiger partial charge in [0.25, 0.3) is 0 Å². The monoisotopic (exact) mass is 1590 g/mol. The van der Waals surface area contributed by atoms with E-state index in [4.69, 9.17) is 9.47 Å². The van der Waals surface area contributed by atoms with E-state index in [1.165, 1.54) is 24.1 Å². The quantitative estimate of drug-likeness (QED) is 0.0698. The molecule has 8 aromatic rings. The Hall–Kier alpha value is -12.2. The highest BCUT2D eigenvalue weighted by molar-refractivity contribution is 5.99. The molecule has 7 aliphatic heterocycles. The first-order valence-corrected chi connectivity index (χ1v) is 39.0. The number of carbonyl (C=O) groups excluding carboxylic acids is 9. The zero-order valence-corrected chi connectivity index (χ0v) is 66.6. The number of benzene rings is 6. The Morgan fingerprint density at radius 1 is 0.500 bits per heavy atom. The molecule has 0 saturated carbocycles. The lowest BCUT2D eigenvalue weighted by molar-refractivity contribution is -0.154. The van der Waals surface area contributed by atoms with Crippen LogP contribution in [0.4, 0.5) is 0 Å². The van der Waals surface area contributed by atoms with Gasteiger partial charge in [-0.2, -0.15) is 0 Å². The summed E-state index contributed by atoms with van der Waals surface area (Å²) in [5.41, 5.74) is 1.17. The predicted molar refractivity (Wildman–Crippen MR) is 425 cm³/mol. The molecule has 12 atom stereocenters. The minimum Gasteiger partial charge on any atom is -0.487 e. The lowest BCUT2D eigenvalue weighted by Crippen LogP contribution is -2.62. The molecule has 0 aliphatic carbocycles. The summed E-state index contributed by atoms with van der Waals surface area (Å²) in [5, 5.41) is 65.1. The average Bonchev–Trinajstić information content (AvgIpc) is 1.64. The zero-order chi connectivity index (χ0) is 83.0. The average molecular weight is 1590 g/mol. The number of hydrogen-bond donors (Lipinski definition) is 10. The van der Waals surface area contributed by atoms with Gasteiger partial charge < -0.3 is 76.9 Å². The van der Waals surface area contributed by atoms with Crippen LogP contribution < -0.4 is 52.0 Å². The van der Waals surface area contributed by atoms with Crippen LogP contribution in [0, 0.1) is 16.7 Å². The smallest absolute Gasteiger partial charge is 0.326 e. The van der Waals surface area contributed by atoms with Crippen molar-refractivity contribution in [2.24, 2.45) is 16.7 Å². The number of hydrogen-bond acceptors (Lipinski definition) is 19. The molecule has 32 nitrogen and oxygen atoms in total. The predicted octanol–water partition coefficient (Wildman–Crippen LogP) is 3.75. The topological polar surface area (TPSA) is 414 Å². The van der Waals surface area contributed by atoms with Crippen LogP contribution in [0.15, 0.2) is 146 Å². The minimum absolute atomic E-state index is 0.0513. The van der Waals surface area contributed by atoms with E-state index in [-0.39, 0.29) is 77.9 Å². The van der Waals surface area contributed by atoms with Crippen molar-refractivity contribution in [3.05, 3.63) is 179 Å². The highest BCUT2D eigenvalue weighted by atomic mass is 16.5. The highest BCUT2D eigenvalue weighted by Gasteiger charge is 2.50. The standard InChI is InChI=1S/C84H101N17O15/c1-47(85-9)72(102)91-70(83(3,4)5)79(109)98-43-60-37-68(98)76(106)87-64(35-51-19-25-53-15-11-13-17-55(53)31-51)74(104)89-66(78(108)97-39-57(40-97)81(111)112)33-49-21-27-62(28-22-49)115-45-58-41-101(95-93-58)61-38-69(99(44-61)80(110)71(84(6,7)8)92-73(103)48(2)86-10)77(107)88-65(36-52-20-26-54-16-12-14-18-56(54)32-52)75(105)90-67(82(113)114)34-50-23-29-63(30-24-50)116-46-59-42-100(60)96-94-59/h11-32,41-42,47-48,57,60-61,64-71,85-86H,33-40,43-46H2,1-10H3,(H,87,106)(H,88,107)(H,89,104)(H,90,105)(H,91,102)(H,92,103)(H,111,112)(H,113,114). The number of nitrogens with one attached hydrogen (secondary N) is 8. The van der Waals surface area contributed by atoms with E-state index in [1.807, 2.05) is 84.9 Å². The van der Waals surface area contributed by atoms with Crippen molar-refractivity contribution in [2.75, 3.05) is 40.3 Å². The summed E-state index contributed by atoms with van der Waals surface area (Å²) in [6.45, 7) is 13.3. The van der Waals surface area contributed by atoms with Gasteiger partial charge in [-0.25, -0.2) is 14.2 Å². The van der Waals surface area contributed by atoms with E-state index in [9.17, 15) is 39.0 Å². The fraction of sp³-hybridized carbons (Fsp3) is 0.440. The Labute approximate surface area is 670 Å². The fourth-order valence-corrected chi connectivity index (χ4v) is 14.9. The van der Waals surface area contributed by atoms with Crippen LogP contribution in [0.5, 0.6) is 11.5 Å². The molecule has 12 unspecified atom stereocenters. The van der Waals surface area contributed by atoms with Crippen LogP contribution in [0.2, 0.25) is 0 Å². The van der Waals surface area contributed by atoms with Crippen molar-refractivity contribution in [1.29, 1.82) is 0 Å². The number of carbonyl (C=O) groups is 11. The maximum Gasteiger partial charge on any atom is 0.326 e. The molecule has 6 aromatic carbocycles. The Morgan fingerprint density at radius 2 is 0.897 bits per heavy atom. The second kappa shape index (κ2) is 35.7. The Kier molecular flexibility index (Phi) is 25.6. The van der Waals surface area contributed by atoms with Gasteiger partial charge in [-0.3, -0.25) is 47.9 Å². The van der Waals surface area contributed by atoms with Crippen LogP contribution in [-0.2, 0) is 91.6 Å². The molecule has 12 bridgehead atoms. The maximum atomic E-state index is 15.5. The molecule has 10 N–H and O–H groups in total. The second-order valence-electron chi connectivity index (χ2n) is 32.7. The van der Waals surface area contributed by atoms with Crippen molar-refractivity contribution >= 4 is 86.6 Å². The molecule has 9 amide bonds. The summed E-state index contributed by atoms with van der Waals surface area (Å²) < 4.78 is 15.5. The van der Waals surface area contributed by atoms with E-state index in [2.05, 4.69) is 63.2 Å². The summed E-state index contributed by atoms with van der Waals surface area (Å²) in [7, 11) is 3.22. The highest BCUT2D eigenvalue weighted by Crippen LogP contribution is 2.35. The Morgan fingerprint density at radius 3 is 1.28 bits per heavy atom. The number of fused-ring (bicyclic) bond motifs is 2. The van der Waals surface area contributed by atoms with Crippen LogP contribution >= 0.6 is 0 Å². The maximum absolute atomic E-state index is 15.5. The van der Waals surface area contributed by atoms with Crippen LogP contribution in [0.3, 0.4) is 0 Å². The van der Waals surface area contributed by atoms with Crippen molar-refractivity contribution < 1.29 is 72.4 Å². The van der Waals surface area contributed by atoms with Crippen molar-refractivity contribution in [3.8, 4) is 11.5 Å². The first-order valence-electron chi connectivity index (χ1n) is 39.0. The molecule has 32 heteroatoms. The third-order valence-corrected chi connectivity index (χ3v) is 22.1. The van der Waals surface area contributed by atoms with E-state index in [0.29, 0.717) is 45.1 Å². The van der Waals surface area contributed by atoms with Gasteiger partial charge >= 0.3 is 11.9 Å². The Balaban J connectivity index is 0.888. The number of aliphatic carboxylic acids is 2. The second-order valence-corrected chi connectivity index (χ2v) is 32.7. The number of carboxylic acid groups (broad SMARTS) is 2. The first-order chi connectivity index (χ1) is 55.3. The number of nitrogens with zero attached hydrogens (tertiary/aromatic N) is 9. The molecule has 9 heterocycles. The summed E-state index contributed by atoms with van der Waals surface area (Å²) in [6, 6.07) is 26.2. The number of likely N-dealkylation sites (tertiary alicyclic amines) is 3. The molecule has 0 spiro atoms. The lowest BCUT2D eigenvalue weighted by atomic mass is 9.85. The SMILES string of the molecule is CNC(C)C(=O)NC(C(=O)N1CC2CC1C(=O)NC(Cc1ccc3ccccc3c1)C(=O)NC(C(=O)O)Cc1ccc(cc1)OCc1cn(nn1)C1CC(C(=O)NC(Cc3ccc4ccccc4c3)C(=O)NC(C(=O)N3CC(C(=O)O)C3)Cc3ccc(cc3)OCc3cn2nn3)N(C(=O)C(NC(=O)C(C)NC)C(C)(C)C)C1)C(C)(C)C. The van der Waals surface area contributed by atoms with Gasteiger partial charge in [0, 0.05) is 64.7 Å². The molecular weight excluding hydrogens is 1490 g/mol. The van der Waals surface area contributed by atoms with Gasteiger partial charge in [0.2, 0.25) is 53.2 Å². The van der Waals surface area contributed by atoms with Gasteiger partial charge in [0.05, 0.1) is 42.5 Å². The third kappa shape index (κ3) is 19.9. The third-order valence-electron chi connectivity index (χ3n) is 22.1. The Bertz CT molecular complexity index is 4970. The number of ether oxygens (including phenoxy) is 2. The van der Waals surface area contributed by atoms with E-state index in [0.717, 1.165) is 21.5 Å². The van der Waals surface area contributed by atoms with Crippen LogP contribution in [-0.4, -0.2) is 221 Å². The molecule has 116 heavy (non-hydrogen) atoms. The zero-order valence-electron chi connectivity index (χ0n) is 66.6. The number of likely N-dealkylation sites (N-methyl/N-ethyl adjacent to an activating group) is 2. The van der Waals surface area contributed by atoms with Gasteiger partial charge in [0.1, 0.15) is 84.4 Å². The molecule has 3 saturated heterocycles. The number of carboxylic acids is 2. The molecule has 3 fully saturated rings. The fourth-order valence-electron chi connectivity index (χ4n) is 14.9. The molecule has 2 aromatic heterocycles. The molecule has 15 rings (SSSR count). The van der Waals surface area contributed by atoms with Crippen molar-refractivity contribution in [2.45, 2.75) is 180 Å². The summed E-state index contributed by atoms with van der Waals surface area (Å²) in [4.78, 5) is 163. The molecule has 7 aliphatic rings.